The van der Waals surface area contributed by atoms with Crippen LogP contribution in [-0.2, 0) is 11.2 Å². The summed E-state index contributed by atoms with van der Waals surface area (Å²) in [6.45, 7) is 1.93. The molecule has 104 valence electrons. The summed E-state index contributed by atoms with van der Waals surface area (Å²) in [5, 5.41) is 0. The summed E-state index contributed by atoms with van der Waals surface area (Å²) in [6, 6.07) is 12.8. The molecule has 0 bridgehead atoms. The van der Waals surface area contributed by atoms with Crippen molar-refractivity contribution < 1.29 is 13.6 Å². The van der Waals surface area contributed by atoms with Crippen molar-refractivity contribution >= 4 is 5.78 Å². The summed E-state index contributed by atoms with van der Waals surface area (Å²) in [7, 11) is 0. The maximum Gasteiger partial charge on any atom is 0.144 e. The van der Waals surface area contributed by atoms with Crippen LogP contribution in [0, 0.1) is 11.6 Å². The zero-order valence-electron chi connectivity index (χ0n) is 11.3. The van der Waals surface area contributed by atoms with E-state index >= 15 is 0 Å². The molecule has 0 aliphatic heterocycles. The third kappa shape index (κ3) is 3.29. The van der Waals surface area contributed by atoms with E-state index in [2.05, 4.69) is 0 Å². The van der Waals surface area contributed by atoms with Gasteiger partial charge in [-0.1, -0.05) is 43.3 Å². The average molecular weight is 274 g/mol. The molecule has 3 heteroatoms. The van der Waals surface area contributed by atoms with Crippen molar-refractivity contribution in [2.45, 2.75) is 25.7 Å². The minimum atomic E-state index is -0.665. The van der Waals surface area contributed by atoms with Gasteiger partial charge in [0.2, 0.25) is 0 Å². The number of hydrogen-bond donors (Lipinski definition) is 0. The van der Waals surface area contributed by atoms with E-state index in [1.165, 1.54) is 12.1 Å². The first-order chi connectivity index (χ1) is 9.61. The first kappa shape index (κ1) is 14.4. The summed E-state index contributed by atoms with van der Waals surface area (Å²) in [6.07, 6.45) is 0.644. The lowest BCUT2D eigenvalue weighted by Gasteiger charge is -2.14. The summed E-state index contributed by atoms with van der Waals surface area (Å²) in [5.74, 6) is -1.60. The third-order valence-electron chi connectivity index (χ3n) is 3.38. The Morgan fingerprint density at radius 2 is 1.80 bits per heavy atom. The molecule has 0 saturated carbocycles. The van der Waals surface area contributed by atoms with Crippen molar-refractivity contribution in [1.29, 1.82) is 0 Å². The molecule has 0 spiro atoms. The number of carbonyl (C=O) groups excluding carboxylic acids is 1. The lowest BCUT2D eigenvalue weighted by molar-refractivity contribution is -0.120. The number of ketones is 1. The fourth-order valence-corrected chi connectivity index (χ4v) is 2.31. The van der Waals surface area contributed by atoms with E-state index in [0.717, 1.165) is 11.6 Å². The first-order valence-electron chi connectivity index (χ1n) is 6.63. The molecule has 1 nitrogen and oxygen atoms in total. The van der Waals surface area contributed by atoms with Crippen molar-refractivity contribution in [2.75, 3.05) is 0 Å². The number of carbonyl (C=O) groups is 1. The molecule has 0 saturated heterocycles. The Labute approximate surface area is 117 Å². The largest absolute Gasteiger partial charge is 0.299 e. The van der Waals surface area contributed by atoms with Crippen LogP contribution in [-0.4, -0.2) is 5.78 Å². The Morgan fingerprint density at radius 1 is 1.10 bits per heavy atom. The molecule has 0 N–H and O–H groups in total. The number of Topliss-reactive ketones (excluding diaryl/α,β-unsaturated/α-hetero) is 1. The Morgan fingerprint density at radius 3 is 2.40 bits per heavy atom. The molecule has 2 rings (SSSR count). The molecule has 0 amide bonds. The Bertz CT molecular complexity index is 593. The van der Waals surface area contributed by atoms with E-state index in [9.17, 15) is 13.6 Å². The standard InChI is InChI=1S/C17H16F2O/c1-2-15(12-6-4-3-5-7-12)17(20)10-13-8-9-14(18)11-16(13)19/h3-9,11,15H,2,10H2,1H3. The predicted octanol–water partition coefficient (Wildman–Crippen LogP) is 4.27. The van der Waals surface area contributed by atoms with Crippen molar-refractivity contribution in [2.24, 2.45) is 0 Å². The van der Waals surface area contributed by atoms with Gasteiger partial charge < -0.3 is 0 Å². The highest BCUT2D eigenvalue weighted by Gasteiger charge is 2.20. The van der Waals surface area contributed by atoms with Gasteiger partial charge in [-0.15, -0.1) is 0 Å². The number of benzene rings is 2. The monoisotopic (exact) mass is 274 g/mol. The second kappa shape index (κ2) is 6.42. The molecular weight excluding hydrogens is 258 g/mol. The lowest BCUT2D eigenvalue weighted by Crippen LogP contribution is -2.15. The zero-order chi connectivity index (χ0) is 14.5. The SMILES string of the molecule is CCC(C(=O)Cc1ccc(F)cc1F)c1ccccc1. The van der Waals surface area contributed by atoms with Crippen LogP contribution >= 0.6 is 0 Å². The van der Waals surface area contributed by atoms with Crippen LogP contribution in [0.1, 0.15) is 30.4 Å². The molecule has 0 fully saturated rings. The highest BCUT2D eigenvalue weighted by molar-refractivity contribution is 5.87. The number of halogens is 2. The van der Waals surface area contributed by atoms with E-state index < -0.39 is 11.6 Å². The van der Waals surface area contributed by atoms with Crippen molar-refractivity contribution in [3.05, 3.63) is 71.3 Å². The molecule has 0 aromatic heterocycles. The molecule has 0 heterocycles. The van der Waals surface area contributed by atoms with Gasteiger partial charge in [-0.3, -0.25) is 4.79 Å². The van der Waals surface area contributed by atoms with Crippen molar-refractivity contribution in [3.63, 3.8) is 0 Å². The fourth-order valence-electron chi connectivity index (χ4n) is 2.31. The van der Waals surface area contributed by atoms with Gasteiger partial charge in [0.25, 0.3) is 0 Å². The van der Waals surface area contributed by atoms with E-state index in [1.54, 1.807) is 0 Å². The molecule has 0 aliphatic carbocycles. The van der Waals surface area contributed by atoms with Crippen LogP contribution in [0.5, 0.6) is 0 Å². The normalized spacial score (nSPS) is 12.2. The maximum atomic E-state index is 13.6. The second-order valence-corrected chi connectivity index (χ2v) is 4.75. The summed E-state index contributed by atoms with van der Waals surface area (Å²) in [4.78, 5) is 12.3. The smallest absolute Gasteiger partial charge is 0.144 e. The van der Waals surface area contributed by atoms with E-state index in [4.69, 9.17) is 0 Å². The molecule has 20 heavy (non-hydrogen) atoms. The van der Waals surface area contributed by atoms with Gasteiger partial charge >= 0.3 is 0 Å². The highest BCUT2D eigenvalue weighted by atomic mass is 19.1. The molecule has 2 aromatic rings. The molecule has 1 atom stereocenters. The fraction of sp³-hybridized carbons (Fsp3) is 0.235. The minimum Gasteiger partial charge on any atom is -0.299 e. The van der Waals surface area contributed by atoms with E-state index in [-0.39, 0.29) is 23.7 Å². The van der Waals surface area contributed by atoms with Gasteiger partial charge in [0.15, 0.2) is 0 Å². The van der Waals surface area contributed by atoms with Gasteiger partial charge in [-0.2, -0.15) is 0 Å². The maximum absolute atomic E-state index is 13.6. The molecular formula is C17H16F2O. The summed E-state index contributed by atoms with van der Waals surface area (Å²) >= 11 is 0. The average Bonchev–Trinajstić information content (AvgIpc) is 2.44. The van der Waals surface area contributed by atoms with Crippen LogP contribution < -0.4 is 0 Å². The Balaban J connectivity index is 2.18. The Hall–Kier alpha value is -2.03. The number of rotatable bonds is 5. The van der Waals surface area contributed by atoms with Crippen molar-refractivity contribution in [3.8, 4) is 0 Å². The molecule has 2 aromatic carbocycles. The zero-order valence-corrected chi connectivity index (χ0v) is 11.3. The molecule has 1 unspecified atom stereocenters. The lowest BCUT2D eigenvalue weighted by atomic mass is 9.89. The number of hydrogen-bond acceptors (Lipinski definition) is 1. The van der Waals surface area contributed by atoms with Gasteiger partial charge in [0.05, 0.1) is 0 Å². The molecule has 0 aliphatic rings. The Kier molecular flexibility index (Phi) is 4.61. The van der Waals surface area contributed by atoms with Crippen molar-refractivity contribution in [1.82, 2.24) is 0 Å². The summed E-state index contributed by atoms with van der Waals surface area (Å²) in [5.41, 5.74) is 1.17. The predicted molar refractivity (Wildman–Crippen MR) is 74.5 cm³/mol. The third-order valence-corrected chi connectivity index (χ3v) is 3.38. The van der Waals surface area contributed by atoms with Crippen LogP contribution in [0.15, 0.2) is 48.5 Å². The minimum absolute atomic E-state index is 0.0144. The second-order valence-electron chi connectivity index (χ2n) is 4.75. The van der Waals surface area contributed by atoms with Crippen LogP contribution in [0.4, 0.5) is 8.78 Å². The first-order valence-corrected chi connectivity index (χ1v) is 6.63. The van der Waals surface area contributed by atoms with Crippen LogP contribution in [0.25, 0.3) is 0 Å². The highest BCUT2D eigenvalue weighted by Crippen LogP contribution is 2.23. The van der Waals surface area contributed by atoms with Gasteiger partial charge in [0, 0.05) is 18.4 Å². The van der Waals surface area contributed by atoms with E-state index in [0.29, 0.717) is 6.42 Å². The van der Waals surface area contributed by atoms with Crippen LogP contribution in [0.3, 0.4) is 0 Å². The molecule has 0 radical (unpaired) electrons. The van der Waals surface area contributed by atoms with Crippen LogP contribution in [0.2, 0.25) is 0 Å². The summed E-state index contributed by atoms with van der Waals surface area (Å²) < 4.78 is 26.4. The topological polar surface area (TPSA) is 17.1 Å². The quantitative estimate of drug-likeness (QED) is 0.795. The van der Waals surface area contributed by atoms with E-state index in [1.807, 2.05) is 37.3 Å². The van der Waals surface area contributed by atoms with Gasteiger partial charge in [-0.05, 0) is 23.6 Å². The van der Waals surface area contributed by atoms with Gasteiger partial charge in [-0.25, -0.2) is 8.78 Å². The van der Waals surface area contributed by atoms with Gasteiger partial charge in [0.1, 0.15) is 17.4 Å².